The van der Waals surface area contributed by atoms with Crippen molar-refractivity contribution in [2.45, 2.75) is 51.1 Å². The van der Waals surface area contributed by atoms with Crippen molar-refractivity contribution >= 4 is 17.3 Å². The molecule has 5 nitrogen and oxygen atoms in total. The number of benzene rings is 1. The zero-order chi connectivity index (χ0) is 17.9. The molecular formula is C21H32N4O. The first-order chi connectivity index (χ1) is 12.7. The Labute approximate surface area is 157 Å². The molecule has 2 atom stereocenters. The van der Waals surface area contributed by atoms with Gasteiger partial charge in [0.1, 0.15) is 0 Å². The van der Waals surface area contributed by atoms with Crippen molar-refractivity contribution < 1.29 is 4.79 Å². The molecule has 3 aliphatic rings. The minimum absolute atomic E-state index is 0.177. The Balaban J connectivity index is 1.36. The number of carbonyl (C=O) groups excluding carboxylic acids is 1. The molecule has 26 heavy (non-hydrogen) atoms. The Morgan fingerprint density at radius 2 is 1.81 bits per heavy atom. The number of hydrogen-bond donors (Lipinski definition) is 2. The lowest BCUT2D eigenvalue weighted by Gasteiger charge is -2.36. The number of anilines is 2. The summed E-state index contributed by atoms with van der Waals surface area (Å²) < 4.78 is 0. The fraction of sp³-hybridized carbons (Fsp3) is 0.667. The van der Waals surface area contributed by atoms with Crippen LogP contribution in [0.3, 0.4) is 0 Å². The Kier molecular flexibility index (Phi) is 5.46. The molecule has 0 aliphatic carbocycles. The van der Waals surface area contributed by atoms with E-state index in [1.807, 2.05) is 12.1 Å². The number of piperazine rings is 1. The van der Waals surface area contributed by atoms with E-state index in [2.05, 4.69) is 39.5 Å². The van der Waals surface area contributed by atoms with E-state index < -0.39 is 0 Å². The largest absolute Gasteiger partial charge is 0.367 e. The molecule has 3 saturated heterocycles. The monoisotopic (exact) mass is 356 g/mol. The Bertz CT molecular complexity index is 614. The van der Waals surface area contributed by atoms with Gasteiger partial charge in [0.15, 0.2) is 0 Å². The van der Waals surface area contributed by atoms with E-state index >= 15 is 0 Å². The Morgan fingerprint density at radius 1 is 1.12 bits per heavy atom. The van der Waals surface area contributed by atoms with Crippen LogP contribution < -0.4 is 15.5 Å². The second-order valence-electron chi connectivity index (χ2n) is 8.17. The molecule has 1 amide bonds. The molecule has 0 radical (unpaired) electrons. The van der Waals surface area contributed by atoms with Crippen LogP contribution >= 0.6 is 0 Å². The van der Waals surface area contributed by atoms with Gasteiger partial charge in [-0.15, -0.1) is 0 Å². The minimum Gasteiger partial charge on any atom is -0.367 e. The molecular weight excluding hydrogens is 324 g/mol. The maximum Gasteiger partial charge on any atom is 0.224 e. The number of likely N-dealkylation sites (N-methyl/N-ethyl adjacent to an activating group) is 1. The molecule has 3 aliphatic heterocycles. The lowest BCUT2D eigenvalue weighted by Crippen LogP contribution is -2.46. The molecule has 5 heteroatoms. The van der Waals surface area contributed by atoms with E-state index in [9.17, 15) is 4.79 Å². The van der Waals surface area contributed by atoms with Crippen LogP contribution in [-0.4, -0.2) is 55.6 Å². The lowest BCUT2D eigenvalue weighted by molar-refractivity contribution is -0.117. The van der Waals surface area contributed by atoms with E-state index in [0.29, 0.717) is 24.4 Å². The summed E-state index contributed by atoms with van der Waals surface area (Å²) >= 11 is 0. The molecule has 0 spiro atoms. The van der Waals surface area contributed by atoms with Gasteiger partial charge < -0.3 is 20.4 Å². The summed E-state index contributed by atoms with van der Waals surface area (Å²) in [7, 11) is 0. The average molecular weight is 357 g/mol. The molecule has 2 N–H and O–H groups in total. The van der Waals surface area contributed by atoms with Gasteiger partial charge in [0.05, 0.1) is 11.4 Å². The van der Waals surface area contributed by atoms with Gasteiger partial charge in [0.25, 0.3) is 0 Å². The van der Waals surface area contributed by atoms with Crippen molar-refractivity contribution in [3.05, 3.63) is 24.3 Å². The summed E-state index contributed by atoms with van der Waals surface area (Å²) in [4.78, 5) is 17.6. The SMILES string of the molecule is CCN1CCN(c2ccccc2NC(=O)CC2CC3CCC(C2)N3)CC1. The number of piperidine rings is 1. The van der Waals surface area contributed by atoms with Crippen LogP contribution in [0.1, 0.15) is 39.0 Å². The van der Waals surface area contributed by atoms with Gasteiger partial charge >= 0.3 is 0 Å². The highest BCUT2D eigenvalue weighted by atomic mass is 16.1. The molecule has 0 saturated carbocycles. The van der Waals surface area contributed by atoms with Gasteiger partial charge in [-0.05, 0) is 50.3 Å². The maximum absolute atomic E-state index is 12.7. The smallest absolute Gasteiger partial charge is 0.224 e. The fourth-order valence-electron chi connectivity index (χ4n) is 4.97. The topological polar surface area (TPSA) is 47.6 Å². The van der Waals surface area contributed by atoms with E-state index in [1.54, 1.807) is 0 Å². The number of carbonyl (C=O) groups is 1. The normalized spacial score (nSPS) is 29.0. The lowest BCUT2D eigenvalue weighted by atomic mass is 9.89. The highest BCUT2D eigenvalue weighted by molar-refractivity contribution is 5.94. The van der Waals surface area contributed by atoms with Crippen LogP contribution in [0.15, 0.2) is 24.3 Å². The molecule has 3 heterocycles. The number of hydrogen-bond acceptors (Lipinski definition) is 4. The van der Waals surface area contributed by atoms with Crippen LogP contribution in [0.25, 0.3) is 0 Å². The van der Waals surface area contributed by atoms with Gasteiger partial charge in [0.2, 0.25) is 5.91 Å². The van der Waals surface area contributed by atoms with Gasteiger partial charge in [-0.2, -0.15) is 0 Å². The van der Waals surface area contributed by atoms with Gasteiger partial charge in [-0.1, -0.05) is 19.1 Å². The molecule has 2 bridgehead atoms. The second kappa shape index (κ2) is 7.97. The zero-order valence-electron chi connectivity index (χ0n) is 15.9. The first-order valence-electron chi connectivity index (χ1n) is 10.3. The summed E-state index contributed by atoms with van der Waals surface area (Å²) in [6.07, 6.45) is 5.55. The molecule has 1 aromatic carbocycles. The summed E-state index contributed by atoms with van der Waals surface area (Å²) in [6, 6.07) is 9.57. The van der Waals surface area contributed by atoms with Crippen LogP contribution in [0, 0.1) is 5.92 Å². The van der Waals surface area contributed by atoms with Crippen molar-refractivity contribution in [2.75, 3.05) is 42.9 Å². The van der Waals surface area contributed by atoms with Crippen LogP contribution in [0.4, 0.5) is 11.4 Å². The number of nitrogens with zero attached hydrogens (tertiary/aromatic N) is 2. The average Bonchev–Trinajstić information content (AvgIpc) is 3.00. The third kappa shape index (κ3) is 4.04. The van der Waals surface area contributed by atoms with Gasteiger partial charge in [-0.25, -0.2) is 0 Å². The minimum atomic E-state index is 0.177. The number of fused-ring (bicyclic) bond motifs is 2. The van der Waals surface area contributed by atoms with Crippen molar-refractivity contribution in [2.24, 2.45) is 5.92 Å². The predicted octanol–water partition coefficient (Wildman–Crippen LogP) is 2.69. The predicted molar refractivity (Wildman–Crippen MR) is 107 cm³/mol. The number of nitrogens with one attached hydrogen (secondary N) is 2. The van der Waals surface area contributed by atoms with Crippen LogP contribution in [-0.2, 0) is 4.79 Å². The second-order valence-corrected chi connectivity index (χ2v) is 8.17. The molecule has 0 aromatic heterocycles. The third-order valence-corrected chi connectivity index (χ3v) is 6.38. The molecule has 1 aromatic rings. The standard InChI is InChI=1S/C21H32N4O/c1-2-24-9-11-25(12-10-24)20-6-4-3-5-19(20)23-21(26)15-16-13-17-7-8-18(14-16)22-17/h3-6,16-18,22H,2,7-15H2,1H3,(H,23,26). The Morgan fingerprint density at radius 3 is 2.50 bits per heavy atom. The van der Waals surface area contributed by atoms with Gasteiger partial charge in [0, 0.05) is 44.7 Å². The number of rotatable bonds is 5. The summed E-state index contributed by atoms with van der Waals surface area (Å²) in [5.41, 5.74) is 2.14. The summed E-state index contributed by atoms with van der Waals surface area (Å²) in [6.45, 7) is 7.57. The molecule has 4 rings (SSSR count). The highest BCUT2D eigenvalue weighted by Crippen LogP contribution is 2.33. The van der Waals surface area contributed by atoms with Crippen molar-refractivity contribution in [1.82, 2.24) is 10.2 Å². The molecule has 3 fully saturated rings. The van der Waals surface area contributed by atoms with E-state index in [0.717, 1.165) is 51.3 Å². The van der Waals surface area contributed by atoms with E-state index in [-0.39, 0.29) is 5.91 Å². The van der Waals surface area contributed by atoms with Crippen LogP contribution in [0.2, 0.25) is 0 Å². The van der Waals surface area contributed by atoms with E-state index in [4.69, 9.17) is 0 Å². The quantitative estimate of drug-likeness (QED) is 0.852. The Hall–Kier alpha value is -1.59. The highest BCUT2D eigenvalue weighted by Gasteiger charge is 2.34. The first-order valence-corrected chi connectivity index (χ1v) is 10.3. The first kappa shape index (κ1) is 17.8. The van der Waals surface area contributed by atoms with Crippen molar-refractivity contribution in [3.63, 3.8) is 0 Å². The maximum atomic E-state index is 12.7. The van der Waals surface area contributed by atoms with Crippen molar-refractivity contribution in [3.8, 4) is 0 Å². The summed E-state index contributed by atoms with van der Waals surface area (Å²) in [5.74, 6) is 0.713. The number of amides is 1. The van der Waals surface area contributed by atoms with Crippen molar-refractivity contribution in [1.29, 1.82) is 0 Å². The third-order valence-electron chi connectivity index (χ3n) is 6.38. The van der Waals surface area contributed by atoms with Gasteiger partial charge in [-0.3, -0.25) is 4.79 Å². The zero-order valence-corrected chi connectivity index (χ0v) is 15.9. The molecule has 2 unspecified atom stereocenters. The van der Waals surface area contributed by atoms with E-state index in [1.165, 1.54) is 18.5 Å². The summed E-state index contributed by atoms with van der Waals surface area (Å²) in [5, 5.41) is 6.88. The van der Waals surface area contributed by atoms with Crippen LogP contribution in [0.5, 0.6) is 0 Å². The fourth-order valence-corrected chi connectivity index (χ4v) is 4.97. The molecule has 142 valence electrons. The number of para-hydroxylation sites is 2.